The molecule has 0 amide bonds. The van der Waals surface area contributed by atoms with Crippen LogP contribution in [0.25, 0.3) is 0 Å². The van der Waals surface area contributed by atoms with Gasteiger partial charge in [-0.3, -0.25) is 14.7 Å². The van der Waals surface area contributed by atoms with Crippen LogP contribution in [0.5, 0.6) is 0 Å². The molecule has 1 aromatic carbocycles. The van der Waals surface area contributed by atoms with Crippen LogP contribution in [0.4, 0.5) is 5.69 Å². The first-order chi connectivity index (χ1) is 8.89. The summed E-state index contributed by atoms with van der Waals surface area (Å²) in [6.07, 6.45) is 4.62. The lowest BCUT2D eigenvalue weighted by Gasteiger charge is -2.23. The second-order valence-corrected chi connectivity index (χ2v) is 6.18. The van der Waals surface area contributed by atoms with Gasteiger partial charge >= 0.3 is 0 Å². The van der Waals surface area contributed by atoms with Gasteiger partial charge in [-0.15, -0.1) is 0 Å². The normalized spacial score (nSPS) is 17.3. The summed E-state index contributed by atoms with van der Waals surface area (Å²) in [5.41, 5.74) is 0.226. The number of non-ortho nitro benzene ring substituents is 1. The summed E-state index contributed by atoms with van der Waals surface area (Å²) in [6.45, 7) is 0. The lowest BCUT2D eigenvalue weighted by atomic mass is 9.84. The highest BCUT2D eigenvalue weighted by Crippen LogP contribution is 2.37. The summed E-state index contributed by atoms with van der Waals surface area (Å²) in [5.74, 6) is -0.0365. The molecule has 6 nitrogen and oxygen atoms in total. The molecule has 0 bridgehead atoms. The Balaban J connectivity index is 2.52. The minimum atomic E-state index is -4.35. The van der Waals surface area contributed by atoms with E-state index >= 15 is 0 Å². The number of nitro groups is 1. The highest BCUT2D eigenvalue weighted by molar-refractivity contribution is 7.85. The number of nitrogens with zero attached hydrogens (tertiary/aromatic N) is 1. The zero-order valence-corrected chi connectivity index (χ0v) is 11.1. The van der Waals surface area contributed by atoms with Crippen LogP contribution in [0, 0.1) is 10.1 Å². The van der Waals surface area contributed by atoms with Crippen molar-refractivity contribution in [3.05, 3.63) is 33.9 Å². The van der Waals surface area contributed by atoms with E-state index in [0.717, 1.165) is 44.2 Å². The van der Waals surface area contributed by atoms with Crippen LogP contribution in [-0.4, -0.2) is 17.9 Å². The van der Waals surface area contributed by atoms with Gasteiger partial charge in [0, 0.05) is 12.1 Å². The molecule has 0 atom stereocenters. The number of nitro benzene ring substituents is 1. The van der Waals surface area contributed by atoms with Gasteiger partial charge in [0.1, 0.15) is 0 Å². The Hall–Kier alpha value is -1.47. The van der Waals surface area contributed by atoms with E-state index in [1.807, 2.05) is 0 Å². The number of benzene rings is 1. The lowest BCUT2D eigenvalue weighted by molar-refractivity contribution is -0.385. The van der Waals surface area contributed by atoms with Crippen molar-refractivity contribution < 1.29 is 17.9 Å². The molecule has 0 heterocycles. The third kappa shape index (κ3) is 3.10. The summed E-state index contributed by atoms with van der Waals surface area (Å²) in [7, 11) is -4.35. The van der Waals surface area contributed by atoms with E-state index in [4.69, 9.17) is 0 Å². The molecule has 0 aliphatic heterocycles. The Morgan fingerprint density at radius 3 is 2.37 bits per heavy atom. The fourth-order valence-corrected chi connectivity index (χ4v) is 3.38. The van der Waals surface area contributed by atoms with Crippen molar-refractivity contribution in [1.29, 1.82) is 0 Å². The van der Waals surface area contributed by atoms with Crippen molar-refractivity contribution in [3.63, 3.8) is 0 Å². The smallest absolute Gasteiger partial charge is 0.282 e. The number of hydrogen-bond donors (Lipinski definition) is 1. The standard InChI is InChI=1S/C12H15NO5S/c14-13(15)10-6-7-12(19(16,17)18)11(8-10)9-4-2-1-3-5-9/h6-9H,1-5H2,(H,16,17,18). The Kier molecular flexibility index (Phi) is 3.86. The zero-order chi connectivity index (χ0) is 14.0. The second kappa shape index (κ2) is 5.26. The molecular weight excluding hydrogens is 270 g/mol. The maximum atomic E-state index is 11.4. The average molecular weight is 285 g/mol. The summed E-state index contributed by atoms with van der Waals surface area (Å²) < 4.78 is 32.0. The minimum Gasteiger partial charge on any atom is -0.282 e. The van der Waals surface area contributed by atoms with Crippen molar-refractivity contribution >= 4 is 15.8 Å². The minimum absolute atomic E-state index is 0.0365. The van der Waals surface area contributed by atoms with Crippen molar-refractivity contribution in [2.24, 2.45) is 0 Å². The SMILES string of the molecule is O=[N+]([O-])c1ccc(S(=O)(=O)O)c(C2CCCCC2)c1. The van der Waals surface area contributed by atoms with Gasteiger partial charge in [0.05, 0.1) is 9.82 Å². The molecule has 0 aromatic heterocycles. The maximum absolute atomic E-state index is 11.4. The fourth-order valence-electron chi connectivity index (χ4n) is 2.62. The van der Waals surface area contributed by atoms with Gasteiger partial charge in [-0.25, -0.2) is 0 Å². The van der Waals surface area contributed by atoms with Crippen LogP contribution in [0.2, 0.25) is 0 Å². The topological polar surface area (TPSA) is 97.5 Å². The number of rotatable bonds is 3. The number of hydrogen-bond acceptors (Lipinski definition) is 4. The van der Waals surface area contributed by atoms with Crippen molar-refractivity contribution in [1.82, 2.24) is 0 Å². The third-order valence-corrected chi connectivity index (χ3v) is 4.45. The molecular formula is C12H15NO5S. The monoisotopic (exact) mass is 285 g/mol. The predicted octanol–water partition coefficient (Wildman–Crippen LogP) is 2.89. The molecule has 1 aliphatic carbocycles. The largest absolute Gasteiger partial charge is 0.294 e. The summed E-state index contributed by atoms with van der Waals surface area (Å²) in [5, 5.41) is 10.8. The Morgan fingerprint density at radius 1 is 1.21 bits per heavy atom. The maximum Gasteiger partial charge on any atom is 0.294 e. The third-order valence-electron chi connectivity index (χ3n) is 3.53. The van der Waals surface area contributed by atoms with Crippen LogP contribution in [0.3, 0.4) is 0 Å². The van der Waals surface area contributed by atoms with E-state index in [0.29, 0.717) is 5.56 Å². The molecule has 1 aromatic rings. The van der Waals surface area contributed by atoms with E-state index in [1.54, 1.807) is 0 Å². The lowest BCUT2D eigenvalue weighted by Crippen LogP contribution is -2.11. The summed E-state index contributed by atoms with van der Waals surface area (Å²) in [4.78, 5) is 10.0. The quantitative estimate of drug-likeness (QED) is 0.523. The molecule has 1 saturated carbocycles. The van der Waals surface area contributed by atoms with Crippen molar-refractivity contribution in [2.45, 2.75) is 42.9 Å². The van der Waals surface area contributed by atoms with Gasteiger partial charge in [-0.05, 0) is 30.4 Å². The first-order valence-corrected chi connectivity index (χ1v) is 7.59. The Morgan fingerprint density at radius 2 is 1.84 bits per heavy atom. The molecule has 1 aliphatic rings. The van der Waals surface area contributed by atoms with Crippen LogP contribution < -0.4 is 0 Å². The van der Waals surface area contributed by atoms with Crippen molar-refractivity contribution in [3.8, 4) is 0 Å². The van der Waals surface area contributed by atoms with Crippen LogP contribution in [0.15, 0.2) is 23.1 Å². The van der Waals surface area contributed by atoms with Gasteiger partial charge in [0.25, 0.3) is 15.8 Å². The Bertz CT molecular complexity index is 590. The first kappa shape index (κ1) is 14.0. The molecule has 104 valence electrons. The first-order valence-electron chi connectivity index (χ1n) is 6.15. The molecule has 0 radical (unpaired) electrons. The van der Waals surface area contributed by atoms with Gasteiger partial charge in [-0.2, -0.15) is 8.42 Å². The van der Waals surface area contributed by atoms with Gasteiger partial charge < -0.3 is 0 Å². The predicted molar refractivity (Wildman–Crippen MR) is 68.7 cm³/mol. The molecule has 1 fully saturated rings. The zero-order valence-electron chi connectivity index (χ0n) is 10.3. The molecule has 1 N–H and O–H groups in total. The van der Waals surface area contributed by atoms with E-state index in [2.05, 4.69) is 0 Å². The van der Waals surface area contributed by atoms with Gasteiger partial charge in [0.2, 0.25) is 0 Å². The highest BCUT2D eigenvalue weighted by Gasteiger charge is 2.26. The fraction of sp³-hybridized carbons (Fsp3) is 0.500. The average Bonchev–Trinajstić information content (AvgIpc) is 2.38. The van der Waals surface area contributed by atoms with Crippen LogP contribution >= 0.6 is 0 Å². The molecule has 7 heteroatoms. The van der Waals surface area contributed by atoms with E-state index < -0.39 is 15.0 Å². The van der Waals surface area contributed by atoms with Gasteiger partial charge in [0.15, 0.2) is 0 Å². The second-order valence-electron chi connectivity index (χ2n) is 4.79. The Labute approximate surface area is 111 Å². The summed E-state index contributed by atoms with van der Waals surface area (Å²) in [6, 6.07) is 3.51. The molecule has 0 unspecified atom stereocenters. The van der Waals surface area contributed by atoms with Crippen LogP contribution in [0.1, 0.15) is 43.6 Å². The van der Waals surface area contributed by atoms with E-state index in [9.17, 15) is 23.1 Å². The molecule has 19 heavy (non-hydrogen) atoms. The molecule has 0 spiro atoms. The van der Waals surface area contributed by atoms with E-state index in [1.165, 1.54) is 6.07 Å². The summed E-state index contributed by atoms with van der Waals surface area (Å²) >= 11 is 0. The highest BCUT2D eigenvalue weighted by atomic mass is 32.2. The van der Waals surface area contributed by atoms with Crippen molar-refractivity contribution in [2.75, 3.05) is 0 Å². The van der Waals surface area contributed by atoms with E-state index in [-0.39, 0.29) is 16.5 Å². The van der Waals surface area contributed by atoms with Crippen LogP contribution in [-0.2, 0) is 10.1 Å². The van der Waals surface area contributed by atoms with Gasteiger partial charge in [-0.1, -0.05) is 19.3 Å². The molecule has 2 rings (SSSR count). The molecule has 0 saturated heterocycles.